The quantitative estimate of drug-likeness (QED) is 0.406. The minimum atomic E-state index is -2.70. The molecule has 2 aromatic rings. The second-order valence-corrected chi connectivity index (χ2v) is 22.0. The van der Waals surface area contributed by atoms with Crippen molar-refractivity contribution < 1.29 is 34.9 Å². The molecule has 0 radical (unpaired) electrons. The second-order valence-electron chi connectivity index (χ2n) is 5.14. The summed E-state index contributed by atoms with van der Waals surface area (Å²) in [6.07, 6.45) is 0. The summed E-state index contributed by atoms with van der Waals surface area (Å²) in [6, 6.07) is 13.9. The van der Waals surface area contributed by atoms with Gasteiger partial charge in [-0.1, -0.05) is 7.94 Å². The van der Waals surface area contributed by atoms with Crippen LogP contribution in [0.1, 0.15) is 0 Å². The first-order valence-electron chi connectivity index (χ1n) is 7.44. The third-order valence-corrected chi connectivity index (χ3v) is 31.1. The Bertz CT molecular complexity index is 802. The van der Waals surface area contributed by atoms with Gasteiger partial charge in [-0.05, 0) is 48.5 Å². The molecule has 152 valence electrons. The van der Waals surface area contributed by atoms with E-state index in [1.54, 1.807) is 48.5 Å². The normalized spacial score (nSPS) is 26.1. The molecule has 3 rings (SSSR count). The molecule has 28 heavy (non-hydrogen) atoms. The van der Waals surface area contributed by atoms with Gasteiger partial charge in [0.1, 0.15) is 11.5 Å². The molecular formula is C14H16O8P2S4+2. The average Bonchev–Trinajstić information content (AvgIpc) is 2.65. The Labute approximate surface area is 175 Å². The van der Waals surface area contributed by atoms with E-state index in [9.17, 15) is 17.5 Å². The molecule has 0 saturated carbocycles. The van der Waals surface area contributed by atoms with Gasteiger partial charge in [0, 0.05) is 0 Å². The molecule has 14 heteroatoms. The van der Waals surface area contributed by atoms with Crippen LogP contribution >= 0.6 is 33.8 Å². The number of hydrogen-bond donors (Lipinski definition) is 2. The lowest BCUT2D eigenvalue weighted by atomic mass is 10.3. The van der Waals surface area contributed by atoms with Gasteiger partial charge < -0.3 is 9.47 Å². The van der Waals surface area contributed by atoms with Crippen LogP contribution in [0.3, 0.4) is 0 Å². The van der Waals surface area contributed by atoms with Crippen molar-refractivity contribution in [2.75, 3.05) is 14.2 Å². The van der Waals surface area contributed by atoms with Crippen molar-refractivity contribution in [3.63, 3.8) is 0 Å². The SMILES string of the molecule is COc1ccc([P+]2(OS(=O)O)S[P+](OS(=O)O)(c3ccc(OC)cc3)S2)cc1. The number of rotatable bonds is 8. The summed E-state index contributed by atoms with van der Waals surface area (Å²) < 4.78 is 62.8. The van der Waals surface area contributed by atoms with Crippen molar-refractivity contribution in [3.8, 4) is 11.5 Å². The summed E-state index contributed by atoms with van der Waals surface area (Å²) in [5.41, 5.74) is 0. The van der Waals surface area contributed by atoms with E-state index in [0.29, 0.717) is 22.1 Å². The third kappa shape index (κ3) is 4.73. The van der Waals surface area contributed by atoms with Gasteiger partial charge in [-0.25, -0.2) is 0 Å². The zero-order valence-electron chi connectivity index (χ0n) is 14.5. The van der Waals surface area contributed by atoms with Crippen molar-refractivity contribution >= 4 is 67.1 Å². The highest BCUT2D eigenvalue weighted by molar-refractivity contribution is 9.43. The van der Waals surface area contributed by atoms with E-state index in [1.807, 2.05) is 0 Å². The van der Waals surface area contributed by atoms with Gasteiger partial charge >= 0.3 is 34.5 Å². The van der Waals surface area contributed by atoms with Crippen LogP contribution in [0.15, 0.2) is 48.5 Å². The second kappa shape index (κ2) is 9.26. The summed E-state index contributed by atoms with van der Waals surface area (Å²) in [5.74, 6) is -4.13. The van der Waals surface area contributed by atoms with Crippen LogP contribution in [0.5, 0.6) is 11.5 Å². The van der Waals surface area contributed by atoms with Gasteiger partial charge in [0.2, 0.25) is 0 Å². The fraction of sp³-hybridized carbons (Fsp3) is 0.143. The van der Waals surface area contributed by atoms with E-state index in [2.05, 4.69) is 0 Å². The molecule has 2 aromatic carbocycles. The molecular weight excluding hydrogens is 486 g/mol. The third-order valence-electron chi connectivity index (χ3n) is 3.53. The van der Waals surface area contributed by atoms with E-state index in [1.165, 1.54) is 36.2 Å². The van der Waals surface area contributed by atoms with Gasteiger partial charge in [0.15, 0.2) is 10.6 Å². The predicted octanol–water partition coefficient (Wildman–Crippen LogP) is 3.97. The molecule has 1 fully saturated rings. The van der Waals surface area contributed by atoms with Crippen molar-refractivity contribution in [1.82, 2.24) is 0 Å². The van der Waals surface area contributed by atoms with Gasteiger partial charge in [-0.2, -0.15) is 8.42 Å². The van der Waals surface area contributed by atoms with Gasteiger partial charge in [-0.15, -0.1) is 0 Å². The van der Waals surface area contributed by atoms with Crippen molar-refractivity contribution in [2.45, 2.75) is 0 Å². The Morgan fingerprint density at radius 3 is 1.29 bits per heavy atom. The van der Waals surface area contributed by atoms with E-state index < -0.39 is 34.5 Å². The Hall–Kier alpha value is -0.260. The Balaban J connectivity index is 1.97. The van der Waals surface area contributed by atoms with Crippen molar-refractivity contribution in [3.05, 3.63) is 48.5 Å². The first kappa shape index (κ1) is 22.4. The van der Waals surface area contributed by atoms with Gasteiger partial charge in [0.05, 0.1) is 14.2 Å². The van der Waals surface area contributed by atoms with Crippen LogP contribution in [0.4, 0.5) is 0 Å². The zero-order chi connectivity index (χ0) is 20.4. The Morgan fingerprint density at radius 2 is 1.04 bits per heavy atom. The smallest absolute Gasteiger partial charge is 0.408 e. The van der Waals surface area contributed by atoms with E-state index >= 15 is 0 Å². The maximum absolute atomic E-state index is 11.5. The summed E-state index contributed by atoms with van der Waals surface area (Å²) in [6.45, 7) is 0. The van der Waals surface area contributed by atoms with Gasteiger partial charge in [0.25, 0.3) is 22.0 Å². The highest BCUT2D eigenvalue weighted by Gasteiger charge is 2.86. The molecule has 2 N–H and O–H groups in total. The van der Waals surface area contributed by atoms with E-state index in [-0.39, 0.29) is 0 Å². The van der Waals surface area contributed by atoms with Crippen LogP contribution in [0, 0.1) is 0 Å². The molecule has 0 amide bonds. The summed E-state index contributed by atoms with van der Waals surface area (Å²) in [5, 5.41) is 1.39. The fourth-order valence-corrected chi connectivity index (χ4v) is 33.8. The molecule has 0 spiro atoms. The molecule has 8 nitrogen and oxygen atoms in total. The van der Waals surface area contributed by atoms with Crippen LogP contribution in [-0.2, 0) is 30.7 Å². The van der Waals surface area contributed by atoms with Crippen LogP contribution in [-0.4, -0.2) is 31.7 Å². The molecule has 2 atom stereocenters. The lowest BCUT2D eigenvalue weighted by Crippen LogP contribution is -2.22. The molecule has 1 heterocycles. The standard InChI is InChI=1S/C14H14O8P2S4/c1-19-11-3-7-13(8-4-11)23(21-27(15)16)25-24(26-23,22-28(17)18)14-9-5-12(20-2)6-10-14/h3-10H,1-2H3/p+2. The number of hydrogen-bond acceptors (Lipinski definition) is 8. The maximum atomic E-state index is 11.5. The predicted molar refractivity (Wildman–Crippen MR) is 118 cm³/mol. The summed E-state index contributed by atoms with van der Waals surface area (Å²) >= 11 is -2.61. The minimum absolute atomic E-state index is 0.631. The molecule has 2 unspecified atom stereocenters. The maximum Gasteiger partial charge on any atom is 0.408 e. The molecule has 1 aliphatic rings. The lowest BCUT2D eigenvalue weighted by Gasteiger charge is -2.30. The van der Waals surface area contributed by atoms with E-state index in [4.69, 9.17) is 17.4 Å². The van der Waals surface area contributed by atoms with E-state index in [0.717, 1.165) is 0 Å². The first-order valence-corrected chi connectivity index (χ1v) is 17.0. The van der Waals surface area contributed by atoms with Crippen LogP contribution in [0.2, 0.25) is 0 Å². The highest BCUT2D eigenvalue weighted by atomic mass is 33.6. The topological polar surface area (TPSA) is 112 Å². The highest BCUT2D eigenvalue weighted by Crippen LogP contribution is 3.14. The average molecular weight is 502 g/mol. The van der Waals surface area contributed by atoms with Gasteiger partial charge in [-0.3, -0.25) is 9.11 Å². The van der Waals surface area contributed by atoms with Crippen LogP contribution in [0.25, 0.3) is 0 Å². The van der Waals surface area contributed by atoms with Crippen molar-refractivity contribution in [2.24, 2.45) is 0 Å². The molecule has 0 aliphatic carbocycles. The number of methoxy groups -OCH3 is 2. The number of ether oxygens (including phenoxy) is 2. The Morgan fingerprint density at radius 1 is 0.714 bits per heavy atom. The fourth-order valence-electron chi connectivity index (χ4n) is 2.32. The summed E-state index contributed by atoms with van der Waals surface area (Å²) in [4.78, 5) is 0. The minimum Gasteiger partial charge on any atom is -0.497 e. The van der Waals surface area contributed by atoms with Crippen molar-refractivity contribution in [1.29, 1.82) is 0 Å². The largest absolute Gasteiger partial charge is 0.497 e. The first-order chi connectivity index (χ1) is 13.3. The molecule has 0 bridgehead atoms. The Kier molecular flexibility index (Phi) is 7.42. The van der Waals surface area contributed by atoms with Crippen LogP contribution < -0.4 is 20.1 Å². The lowest BCUT2D eigenvalue weighted by molar-refractivity contribution is 0.415. The zero-order valence-corrected chi connectivity index (χ0v) is 19.5. The number of benzene rings is 2. The molecule has 1 saturated heterocycles. The monoisotopic (exact) mass is 502 g/mol. The molecule has 0 aromatic heterocycles. The summed E-state index contributed by atoms with van der Waals surface area (Å²) in [7, 11) is 3.08. The molecule has 1 aliphatic heterocycles.